The topological polar surface area (TPSA) is 26.3 Å². The van der Waals surface area contributed by atoms with Crippen LogP contribution in [0.3, 0.4) is 0 Å². The minimum atomic E-state index is -0.118. The molecule has 4 aliphatic carbocycles. The number of ether oxygens (including phenoxy) is 1. The fourth-order valence-electron chi connectivity index (χ4n) is 8.83. The fourth-order valence-corrected chi connectivity index (χ4v) is 8.83. The second kappa shape index (κ2) is 8.95. The normalized spacial score (nSPS) is 41.6. The van der Waals surface area contributed by atoms with Gasteiger partial charge in [0.1, 0.15) is 6.10 Å². The van der Waals surface area contributed by atoms with Gasteiger partial charge in [-0.05, 0) is 119 Å². The molecular formula is C30H48O2. The zero-order valence-electron chi connectivity index (χ0n) is 21.9. The summed E-state index contributed by atoms with van der Waals surface area (Å²) in [6.07, 6.45) is 15.5. The number of carbonyl (C=O) groups excluding carboxylic acids is 1. The first-order chi connectivity index (χ1) is 15.1. The second-order valence-electron chi connectivity index (χ2n) is 12.8. The van der Waals surface area contributed by atoms with Gasteiger partial charge < -0.3 is 4.74 Å². The van der Waals surface area contributed by atoms with Crippen molar-refractivity contribution >= 4 is 5.97 Å². The molecule has 8 atom stereocenters. The molecule has 2 heteroatoms. The molecule has 3 saturated carbocycles. The molecule has 0 N–H and O–H groups in total. The van der Waals surface area contributed by atoms with E-state index in [2.05, 4.69) is 47.6 Å². The molecule has 0 heterocycles. The highest BCUT2D eigenvalue weighted by molar-refractivity contribution is 5.66. The molecule has 2 nitrogen and oxygen atoms in total. The molecule has 4 rings (SSSR count). The predicted octanol–water partition coefficient (Wildman–Crippen LogP) is 8.27. The standard InChI is InChI=1S/C30H48O2/c1-19(2)20(3)8-9-21(4)26-12-13-27-25-11-10-23-18-24(32-22(5)31)14-16-29(23,6)28(25)15-17-30(26,27)7/h10,21,24-28H,8-9,11-18H2,1-7H3/t21-,24+,25?,26-,27?,28?,29?,30?/m1/s1. The summed E-state index contributed by atoms with van der Waals surface area (Å²) in [4.78, 5) is 11.5. The van der Waals surface area contributed by atoms with Gasteiger partial charge in [-0.25, -0.2) is 0 Å². The lowest BCUT2D eigenvalue weighted by atomic mass is 9.47. The van der Waals surface area contributed by atoms with Gasteiger partial charge in [0.05, 0.1) is 0 Å². The van der Waals surface area contributed by atoms with Crippen molar-refractivity contribution in [2.45, 2.75) is 119 Å². The van der Waals surface area contributed by atoms with Crippen LogP contribution in [-0.2, 0) is 9.53 Å². The summed E-state index contributed by atoms with van der Waals surface area (Å²) in [5, 5.41) is 0. The first-order valence-electron chi connectivity index (χ1n) is 13.6. The third kappa shape index (κ3) is 4.14. The van der Waals surface area contributed by atoms with Crippen LogP contribution in [0.2, 0.25) is 0 Å². The number of esters is 1. The summed E-state index contributed by atoms with van der Waals surface area (Å²) in [5.41, 5.74) is 5.60. The van der Waals surface area contributed by atoms with E-state index in [-0.39, 0.29) is 12.1 Å². The van der Waals surface area contributed by atoms with Gasteiger partial charge in [0.15, 0.2) is 0 Å². The summed E-state index contributed by atoms with van der Waals surface area (Å²) in [5.74, 6) is 4.22. The van der Waals surface area contributed by atoms with Crippen molar-refractivity contribution in [1.82, 2.24) is 0 Å². The summed E-state index contributed by atoms with van der Waals surface area (Å²) in [7, 11) is 0. The lowest BCUT2D eigenvalue weighted by Gasteiger charge is -2.58. The minimum absolute atomic E-state index is 0.109. The van der Waals surface area contributed by atoms with Crippen LogP contribution >= 0.6 is 0 Å². The first kappa shape index (κ1) is 24.1. The third-order valence-electron chi connectivity index (χ3n) is 11.0. The Morgan fingerprint density at radius 3 is 2.50 bits per heavy atom. The Hall–Kier alpha value is -1.05. The van der Waals surface area contributed by atoms with Gasteiger partial charge in [0.2, 0.25) is 0 Å². The summed E-state index contributed by atoms with van der Waals surface area (Å²) < 4.78 is 5.62. The van der Waals surface area contributed by atoms with Crippen LogP contribution in [0.15, 0.2) is 22.8 Å². The van der Waals surface area contributed by atoms with Gasteiger partial charge in [0.25, 0.3) is 0 Å². The van der Waals surface area contributed by atoms with Gasteiger partial charge in [-0.3, -0.25) is 4.79 Å². The van der Waals surface area contributed by atoms with Gasteiger partial charge in [-0.1, -0.05) is 43.6 Å². The van der Waals surface area contributed by atoms with Crippen molar-refractivity contribution in [2.24, 2.45) is 40.4 Å². The zero-order chi connectivity index (χ0) is 23.3. The van der Waals surface area contributed by atoms with Gasteiger partial charge in [-0.2, -0.15) is 0 Å². The van der Waals surface area contributed by atoms with Crippen molar-refractivity contribution in [1.29, 1.82) is 0 Å². The lowest BCUT2D eigenvalue weighted by molar-refractivity contribution is -0.148. The number of hydrogen-bond acceptors (Lipinski definition) is 2. The molecule has 0 saturated heterocycles. The van der Waals surface area contributed by atoms with Crippen LogP contribution in [0.4, 0.5) is 0 Å². The third-order valence-corrected chi connectivity index (χ3v) is 11.0. The summed E-state index contributed by atoms with van der Waals surface area (Å²) in [6, 6.07) is 0. The Morgan fingerprint density at radius 1 is 1.06 bits per heavy atom. The molecule has 32 heavy (non-hydrogen) atoms. The number of fused-ring (bicyclic) bond motifs is 5. The van der Waals surface area contributed by atoms with E-state index in [1.165, 1.54) is 56.9 Å². The molecule has 0 radical (unpaired) electrons. The van der Waals surface area contributed by atoms with E-state index in [1.54, 1.807) is 18.1 Å². The van der Waals surface area contributed by atoms with E-state index in [0.717, 1.165) is 42.4 Å². The highest BCUT2D eigenvalue weighted by Crippen LogP contribution is 2.67. The maximum Gasteiger partial charge on any atom is 0.302 e. The number of hydrogen-bond donors (Lipinski definition) is 0. The summed E-state index contributed by atoms with van der Waals surface area (Å²) in [6.45, 7) is 16.2. The van der Waals surface area contributed by atoms with Crippen molar-refractivity contribution < 1.29 is 9.53 Å². The molecule has 3 fully saturated rings. The van der Waals surface area contributed by atoms with E-state index in [4.69, 9.17) is 4.74 Å². The van der Waals surface area contributed by atoms with E-state index in [0.29, 0.717) is 10.8 Å². The SMILES string of the molecule is CC(=O)O[C@H]1CCC2(C)C(=CCC3C2CCC2(C)C3CC[C@@H]2[C@H](C)CCC(C)=C(C)C)C1. The minimum Gasteiger partial charge on any atom is -0.462 e. The van der Waals surface area contributed by atoms with Crippen molar-refractivity contribution in [3.8, 4) is 0 Å². The van der Waals surface area contributed by atoms with E-state index in [9.17, 15) is 4.79 Å². The van der Waals surface area contributed by atoms with Crippen molar-refractivity contribution in [3.05, 3.63) is 22.8 Å². The molecule has 0 amide bonds. The quantitative estimate of drug-likeness (QED) is 0.317. The maximum atomic E-state index is 11.5. The highest BCUT2D eigenvalue weighted by atomic mass is 16.5. The Bertz CT molecular complexity index is 787. The van der Waals surface area contributed by atoms with Gasteiger partial charge in [-0.15, -0.1) is 0 Å². The molecule has 5 unspecified atom stereocenters. The van der Waals surface area contributed by atoms with Gasteiger partial charge >= 0.3 is 5.97 Å². The molecule has 0 aromatic rings. The largest absolute Gasteiger partial charge is 0.462 e. The van der Waals surface area contributed by atoms with Crippen LogP contribution < -0.4 is 0 Å². The molecule has 0 bridgehead atoms. The van der Waals surface area contributed by atoms with Crippen molar-refractivity contribution in [3.63, 3.8) is 0 Å². The van der Waals surface area contributed by atoms with Crippen LogP contribution in [0.5, 0.6) is 0 Å². The van der Waals surface area contributed by atoms with Gasteiger partial charge in [0, 0.05) is 13.3 Å². The monoisotopic (exact) mass is 440 g/mol. The summed E-state index contributed by atoms with van der Waals surface area (Å²) >= 11 is 0. The Labute approximate surface area is 197 Å². The van der Waals surface area contributed by atoms with E-state index >= 15 is 0 Å². The predicted molar refractivity (Wildman–Crippen MR) is 133 cm³/mol. The molecular weight excluding hydrogens is 392 g/mol. The molecule has 0 aromatic heterocycles. The van der Waals surface area contributed by atoms with Crippen LogP contribution in [0, 0.1) is 40.4 Å². The molecule has 0 aliphatic heterocycles. The Kier molecular flexibility index (Phi) is 6.74. The average Bonchev–Trinajstić information content (AvgIpc) is 3.08. The second-order valence-corrected chi connectivity index (χ2v) is 12.8. The molecule has 4 aliphatic rings. The van der Waals surface area contributed by atoms with Crippen LogP contribution in [0.25, 0.3) is 0 Å². The fraction of sp³-hybridized carbons (Fsp3) is 0.833. The Morgan fingerprint density at radius 2 is 1.81 bits per heavy atom. The lowest BCUT2D eigenvalue weighted by Crippen LogP contribution is -2.51. The zero-order valence-corrected chi connectivity index (χ0v) is 21.9. The Balaban J connectivity index is 1.48. The van der Waals surface area contributed by atoms with Crippen LogP contribution in [0.1, 0.15) is 113 Å². The maximum absolute atomic E-state index is 11.5. The highest BCUT2D eigenvalue weighted by Gasteiger charge is 2.59. The molecule has 180 valence electrons. The van der Waals surface area contributed by atoms with Crippen LogP contribution in [-0.4, -0.2) is 12.1 Å². The molecule has 0 spiro atoms. The molecule has 0 aromatic carbocycles. The number of rotatable bonds is 5. The van der Waals surface area contributed by atoms with E-state index in [1.807, 2.05) is 0 Å². The smallest absolute Gasteiger partial charge is 0.302 e. The van der Waals surface area contributed by atoms with E-state index < -0.39 is 0 Å². The number of carbonyl (C=O) groups is 1. The average molecular weight is 441 g/mol. The number of allylic oxidation sites excluding steroid dienone is 3. The first-order valence-corrected chi connectivity index (χ1v) is 13.6. The van der Waals surface area contributed by atoms with Crippen molar-refractivity contribution in [2.75, 3.05) is 0 Å².